The third kappa shape index (κ3) is 3.15. The molecule has 1 aromatic rings. The number of hydrogen-bond acceptors (Lipinski definition) is 4. The van der Waals surface area contributed by atoms with Crippen molar-refractivity contribution in [3.8, 4) is 0 Å². The quantitative estimate of drug-likeness (QED) is 0.823. The Hall–Kier alpha value is -1.09. The van der Waals surface area contributed by atoms with Gasteiger partial charge in [0.25, 0.3) is 0 Å². The van der Waals surface area contributed by atoms with Gasteiger partial charge in [0, 0.05) is 32.7 Å². The van der Waals surface area contributed by atoms with Crippen molar-refractivity contribution in [2.75, 3.05) is 45.9 Å². The second kappa shape index (κ2) is 6.19. The van der Waals surface area contributed by atoms with E-state index < -0.39 is 26.6 Å². The fourth-order valence-electron chi connectivity index (χ4n) is 2.80. The van der Waals surface area contributed by atoms with Gasteiger partial charge in [-0.15, -0.1) is 0 Å². The van der Waals surface area contributed by atoms with Crippen LogP contribution in [0, 0.1) is 17.6 Å². The second-order valence-corrected chi connectivity index (χ2v) is 7.58. The van der Waals surface area contributed by atoms with E-state index in [1.807, 2.05) is 0 Å². The van der Waals surface area contributed by atoms with Crippen molar-refractivity contribution < 1.29 is 21.9 Å². The summed E-state index contributed by atoms with van der Waals surface area (Å²) >= 11 is 0. The Labute approximate surface area is 128 Å². The van der Waals surface area contributed by atoms with Crippen molar-refractivity contribution in [1.82, 2.24) is 9.21 Å². The summed E-state index contributed by atoms with van der Waals surface area (Å²) in [4.78, 5) is 1.65. The highest BCUT2D eigenvalue weighted by Crippen LogP contribution is 2.27. The van der Waals surface area contributed by atoms with Gasteiger partial charge >= 0.3 is 0 Å². The molecule has 2 saturated heterocycles. The lowest BCUT2D eigenvalue weighted by molar-refractivity contribution is 0.0192. The molecular formula is C14H18F2N2O3S. The molecule has 0 unspecified atom stereocenters. The van der Waals surface area contributed by atoms with Gasteiger partial charge in [0.15, 0.2) is 0 Å². The van der Waals surface area contributed by atoms with Gasteiger partial charge in [0.1, 0.15) is 16.5 Å². The summed E-state index contributed by atoms with van der Waals surface area (Å²) in [6.07, 6.45) is 0. The van der Waals surface area contributed by atoms with Crippen LogP contribution in [-0.2, 0) is 14.8 Å². The maximum Gasteiger partial charge on any atom is 0.246 e. The minimum Gasteiger partial charge on any atom is -0.379 e. The summed E-state index contributed by atoms with van der Waals surface area (Å²) in [6, 6.07) is 2.48. The molecule has 0 atom stereocenters. The predicted octanol–water partition coefficient (Wildman–Crippen LogP) is 0.918. The molecule has 0 N–H and O–H groups in total. The predicted molar refractivity (Wildman–Crippen MR) is 75.9 cm³/mol. The number of ether oxygens (including phenoxy) is 1. The Bertz CT molecular complexity index is 641. The van der Waals surface area contributed by atoms with Crippen LogP contribution in [0.15, 0.2) is 23.1 Å². The fraction of sp³-hybridized carbons (Fsp3) is 0.571. The lowest BCUT2D eigenvalue weighted by Crippen LogP contribution is -2.54. The van der Waals surface area contributed by atoms with Crippen LogP contribution < -0.4 is 0 Å². The van der Waals surface area contributed by atoms with Gasteiger partial charge in [0.05, 0.1) is 13.2 Å². The van der Waals surface area contributed by atoms with Crippen molar-refractivity contribution >= 4 is 10.0 Å². The molecule has 3 rings (SSSR count). The largest absolute Gasteiger partial charge is 0.379 e. The molecule has 22 heavy (non-hydrogen) atoms. The van der Waals surface area contributed by atoms with Crippen LogP contribution in [0.4, 0.5) is 8.78 Å². The van der Waals surface area contributed by atoms with Crippen LogP contribution in [0.5, 0.6) is 0 Å². The molecule has 5 nitrogen and oxygen atoms in total. The fourth-order valence-corrected chi connectivity index (χ4v) is 4.47. The van der Waals surface area contributed by atoms with E-state index in [9.17, 15) is 17.2 Å². The van der Waals surface area contributed by atoms with Crippen molar-refractivity contribution in [1.29, 1.82) is 0 Å². The molecule has 8 heteroatoms. The molecular weight excluding hydrogens is 314 g/mol. The molecule has 0 spiro atoms. The van der Waals surface area contributed by atoms with E-state index in [0.29, 0.717) is 26.3 Å². The Morgan fingerprint density at radius 1 is 1.18 bits per heavy atom. The van der Waals surface area contributed by atoms with E-state index in [2.05, 4.69) is 4.90 Å². The molecule has 2 heterocycles. The monoisotopic (exact) mass is 332 g/mol. The van der Waals surface area contributed by atoms with Crippen LogP contribution in [0.25, 0.3) is 0 Å². The zero-order chi connectivity index (χ0) is 15.7. The third-order valence-electron chi connectivity index (χ3n) is 4.05. The Kier molecular flexibility index (Phi) is 4.44. The lowest BCUT2D eigenvalue weighted by Gasteiger charge is -2.41. The summed E-state index contributed by atoms with van der Waals surface area (Å²) in [5, 5.41) is 0. The normalized spacial score (nSPS) is 21.7. The van der Waals surface area contributed by atoms with Gasteiger partial charge in [-0.2, -0.15) is 4.31 Å². The molecule has 2 aliphatic rings. The molecule has 0 amide bonds. The third-order valence-corrected chi connectivity index (χ3v) is 5.90. The van der Waals surface area contributed by atoms with Crippen LogP contribution in [0.1, 0.15) is 0 Å². The lowest BCUT2D eigenvalue weighted by atomic mass is 10.0. The van der Waals surface area contributed by atoms with Crippen LogP contribution >= 0.6 is 0 Å². The molecule has 122 valence electrons. The van der Waals surface area contributed by atoms with Gasteiger partial charge in [-0.1, -0.05) is 0 Å². The highest BCUT2D eigenvalue weighted by Gasteiger charge is 2.38. The van der Waals surface area contributed by atoms with Gasteiger partial charge in [-0.3, -0.25) is 4.90 Å². The summed E-state index contributed by atoms with van der Waals surface area (Å²) < 4.78 is 57.9. The van der Waals surface area contributed by atoms with Crippen molar-refractivity contribution in [3.05, 3.63) is 29.8 Å². The van der Waals surface area contributed by atoms with E-state index in [0.717, 1.165) is 37.8 Å². The van der Waals surface area contributed by atoms with Crippen LogP contribution in [-0.4, -0.2) is 63.6 Å². The number of halogens is 2. The molecule has 0 radical (unpaired) electrons. The summed E-state index contributed by atoms with van der Waals surface area (Å²) in [7, 11) is -3.95. The standard InChI is InChI=1S/C14H18F2N2O3S/c15-12-1-2-13(16)14(7-12)22(19,20)18-9-11(10-18)8-17-3-5-21-6-4-17/h1-2,7,11H,3-6,8-10H2. The number of morpholine rings is 1. The van der Waals surface area contributed by atoms with E-state index in [1.54, 1.807) is 0 Å². The smallest absolute Gasteiger partial charge is 0.246 e. The zero-order valence-corrected chi connectivity index (χ0v) is 12.9. The first-order chi connectivity index (χ1) is 10.5. The first-order valence-electron chi connectivity index (χ1n) is 7.22. The van der Waals surface area contributed by atoms with Crippen molar-refractivity contribution in [3.63, 3.8) is 0 Å². The first-order valence-corrected chi connectivity index (χ1v) is 8.66. The zero-order valence-electron chi connectivity index (χ0n) is 12.0. The Morgan fingerprint density at radius 2 is 1.86 bits per heavy atom. The van der Waals surface area contributed by atoms with E-state index in [1.165, 1.54) is 4.31 Å². The molecule has 0 aliphatic carbocycles. The topological polar surface area (TPSA) is 49.9 Å². The Morgan fingerprint density at radius 3 is 2.55 bits per heavy atom. The molecule has 0 aromatic heterocycles. The maximum absolute atomic E-state index is 13.7. The van der Waals surface area contributed by atoms with Gasteiger partial charge in [0.2, 0.25) is 10.0 Å². The molecule has 1 aromatic carbocycles. The molecule has 0 bridgehead atoms. The highest BCUT2D eigenvalue weighted by atomic mass is 32.2. The van der Waals surface area contributed by atoms with E-state index in [4.69, 9.17) is 4.74 Å². The number of rotatable bonds is 4. The van der Waals surface area contributed by atoms with E-state index >= 15 is 0 Å². The molecule has 0 saturated carbocycles. The second-order valence-electron chi connectivity index (χ2n) is 5.68. The first kappa shape index (κ1) is 15.8. The van der Waals surface area contributed by atoms with Crippen molar-refractivity contribution in [2.45, 2.75) is 4.90 Å². The number of hydrogen-bond donors (Lipinski definition) is 0. The average Bonchev–Trinajstić information content (AvgIpc) is 2.45. The minimum atomic E-state index is -3.95. The minimum absolute atomic E-state index is 0.226. The number of nitrogens with zero attached hydrogens (tertiary/aromatic N) is 2. The number of benzene rings is 1. The van der Waals surface area contributed by atoms with Gasteiger partial charge < -0.3 is 4.74 Å². The van der Waals surface area contributed by atoms with Gasteiger partial charge in [-0.25, -0.2) is 17.2 Å². The maximum atomic E-state index is 13.7. The Balaban J connectivity index is 1.62. The average molecular weight is 332 g/mol. The summed E-state index contributed by atoms with van der Waals surface area (Å²) in [6.45, 7) is 4.59. The summed E-state index contributed by atoms with van der Waals surface area (Å²) in [5.41, 5.74) is 0. The van der Waals surface area contributed by atoms with Crippen LogP contribution in [0.2, 0.25) is 0 Å². The SMILES string of the molecule is O=S(=O)(c1cc(F)ccc1F)N1CC(CN2CCOCC2)C1. The number of sulfonamides is 1. The molecule has 2 aliphatic heterocycles. The van der Waals surface area contributed by atoms with Crippen molar-refractivity contribution in [2.24, 2.45) is 5.92 Å². The van der Waals surface area contributed by atoms with Crippen LogP contribution in [0.3, 0.4) is 0 Å². The molecule has 2 fully saturated rings. The summed E-state index contributed by atoms with van der Waals surface area (Å²) in [5.74, 6) is -1.45. The highest BCUT2D eigenvalue weighted by molar-refractivity contribution is 7.89. The van der Waals surface area contributed by atoms with Gasteiger partial charge in [-0.05, 0) is 24.1 Å². The van der Waals surface area contributed by atoms with E-state index in [-0.39, 0.29) is 5.92 Å².